The number of carbonyl (C=O) groups is 3. The number of halogens is 1. The van der Waals surface area contributed by atoms with Crippen molar-refractivity contribution in [2.24, 2.45) is 5.92 Å². The average Bonchev–Trinajstić information content (AvgIpc) is 2.71. The Labute approximate surface area is 172 Å². The number of methoxy groups -OCH3 is 1. The van der Waals surface area contributed by atoms with Crippen LogP contribution in [0.5, 0.6) is 11.5 Å². The Morgan fingerprint density at radius 2 is 1.93 bits per heavy atom. The quantitative estimate of drug-likeness (QED) is 0.505. The minimum atomic E-state index is -1.82. The predicted octanol–water partition coefficient (Wildman–Crippen LogP) is 0.621. The summed E-state index contributed by atoms with van der Waals surface area (Å²) in [6.45, 7) is 3.18. The molecule has 2 atom stereocenters. The lowest BCUT2D eigenvalue weighted by Gasteiger charge is -2.31. The van der Waals surface area contributed by atoms with Crippen LogP contribution in [-0.4, -0.2) is 74.1 Å². The van der Waals surface area contributed by atoms with Crippen molar-refractivity contribution in [3.05, 3.63) is 22.7 Å². The van der Waals surface area contributed by atoms with E-state index in [9.17, 15) is 4.79 Å². The van der Waals surface area contributed by atoms with Gasteiger partial charge in [0, 0.05) is 37.2 Å². The zero-order valence-corrected chi connectivity index (χ0v) is 16.5. The van der Waals surface area contributed by atoms with Crippen molar-refractivity contribution in [3.63, 3.8) is 0 Å². The Kier molecular flexibility index (Phi) is 8.50. The second kappa shape index (κ2) is 10.8. The number of carbonyl (C=O) groups excluding carboxylic acids is 1. The minimum absolute atomic E-state index is 0.108. The van der Waals surface area contributed by atoms with Crippen molar-refractivity contribution in [2.75, 3.05) is 40.0 Å². The highest BCUT2D eigenvalue weighted by Gasteiger charge is 2.27. The highest BCUT2D eigenvalue weighted by molar-refractivity contribution is 6.31. The van der Waals surface area contributed by atoms with Gasteiger partial charge in [0.25, 0.3) is 5.91 Å². The standard InChI is InChI=1S/C16H21ClN2O4.C2H2O4/c1-21-14-9-18-3-2-10(14)8-19-16(20)12-6-11(17)7-13-15(12)23-5-4-22-13;3-1(4)2(5)6/h6-7,10,14,18H,2-5,8-9H2,1H3,(H,19,20);(H,3,4)(H,5,6)/t10-,14-;/m1./s1. The van der Waals surface area contributed by atoms with Crippen molar-refractivity contribution in [3.8, 4) is 11.5 Å². The maximum absolute atomic E-state index is 12.5. The van der Waals surface area contributed by atoms with Gasteiger partial charge in [-0.05, 0) is 19.0 Å². The first-order valence-corrected chi connectivity index (χ1v) is 9.28. The second-order valence-corrected chi connectivity index (χ2v) is 6.76. The molecule has 2 aliphatic heterocycles. The van der Waals surface area contributed by atoms with Gasteiger partial charge in [-0.15, -0.1) is 0 Å². The van der Waals surface area contributed by atoms with Crippen LogP contribution in [0.2, 0.25) is 5.02 Å². The molecular weight excluding hydrogens is 408 g/mol. The highest BCUT2D eigenvalue weighted by atomic mass is 35.5. The topological polar surface area (TPSA) is 143 Å². The molecule has 2 aliphatic rings. The van der Waals surface area contributed by atoms with Crippen LogP contribution in [0.4, 0.5) is 0 Å². The molecule has 0 saturated carbocycles. The molecule has 0 radical (unpaired) electrons. The molecule has 0 unspecified atom stereocenters. The molecule has 1 aromatic rings. The average molecular weight is 431 g/mol. The lowest BCUT2D eigenvalue weighted by molar-refractivity contribution is -0.159. The molecule has 4 N–H and O–H groups in total. The molecule has 29 heavy (non-hydrogen) atoms. The maximum Gasteiger partial charge on any atom is 0.414 e. The Hall–Kier alpha value is -2.56. The van der Waals surface area contributed by atoms with Crippen LogP contribution in [0.15, 0.2) is 12.1 Å². The van der Waals surface area contributed by atoms with E-state index in [2.05, 4.69) is 10.6 Å². The summed E-state index contributed by atoms with van der Waals surface area (Å²) in [6.07, 6.45) is 1.07. The van der Waals surface area contributed by atoms with Gasteiger partial charge >= 0.3 is 11.9 Å². The Morgan fingerprint density at radius 1 is 1.24 bits per heavy atom. The summed E-state index contributed by atoms with van der Waals surface area (Å²) in [6, 6.07) is 3.28. The molecule has 10 nitrogen and oxygen atoms in total. The summed E-state index contributed by atoms with van der Waals surface area (Å²) >= 11 is 6.08. The normalized spacial score (nSPS) is 20.1. The number of carboxylic acids is 2. The number of benzene rings is 1. The van der Waals surface area contributed by atoms with Crippen LogP contribution in [0.1, 0.15) is 16.8 Å². The number of aliphatic carboxylic acids is 2. The molecule has 1 fully saturated rings. The number of hydrogen-bond donors (Lipinski definition) is 4. The van der Waals surface area contributed by atoms with Crippen LogP contribution in [0.25, 0.3) is 0 Å². The summed E-state index contributed by atoms with van der Waals surface area (Å²) in [5.41, 5.74) is 0.412. The fourth-order valence-corrected chi connectivity index (χ4v) is 3.21. The Balaban J connectivity index is 0.000000438. The molecular formula is C18H23ClN2O8. The first kappa shape index (κ1) is 22.7. The maximum atomic E-state index is 12.5. The number of hydrogen-bond acceptors (Lipinski definition) is 7. The molecule has 11 heteroatoms. The van der Waals surface area contributed by atoms with Gasteiger partial charge in [0.15, 0.2) is 11.5 Å². The summed E-state index contributed by atoms with van der Waals surface area (Å²) in [5.74, 6) is -2.58. The number of nitrogens with one attached hydrogen (secondary N) is 2. The van der Waals surface area contributed by atoms with Crippen LogP contribution in [0, 0.1) is 5.92 Å². The minimum Gasteiger partial charge on any atom is -0.486 e. The molecule has 2 heterocycles. The number of rotatable bonds is 4. The predicted molar refractivity (Wildman–Crippen MR) is 102 cm³/mol. The molecule has 160 valence electrons. The van der Waals surface area contributed by atoms with E-state index in [1.54, 1.807) is 19.2 Å². The summed E-state index contributed by atoms with van der Waals surface area (Å²) in [5, 5.41) is 21.5. The highest BCUT2D eigenvalue weighted by Crippen LogP contribution is 2.36. The number of carboxylic acid groups (broad SMARTS) is 2. The van der Waals surface area contributed by atoms with Crippen LogP contribution >= 0.6 is 11.6 Å². The van der Waals surface area contributed by atoms with Gasteiger partial charge in [-0.25, -0.2) is 9.59 Å². The fourth-order valence-electron chi connectivity index (χ4n) is 3.00. The SMILES string of the molecule is CO[C@@H]1CNCC[C@@H]1CNC(=O)c1cc(Cl)cc2c1OCCO2.O=C(O)C(=O)O. The van der Waals surface area contributed by atoms with E-state index in [1.807, 2.05) is 0 Å². The van der Waals surface area contributed by atoms with Crippen molar-refractivity contribution in [2.45, 2.75) is 12.5 Å². The first-order chi connectivity index (χ1) is 13.8. The summed E-state index contributed by atoms with van der Waals surface area (Å²) < 4.78 is 16.6. The molecule has 0 spiro atoms. The molecule has 3 rings (SSSR count). The largest absolute Gasteiger partial charge is 0.486 e. The van der Waals surface area contributed by atoms with E-state index >= 15 is 0 Å². The second-order valence-electron chi connectivity index (χ2n) is 6.32. The van der Waals surface area contributed by atoms with E-state index in [1.165, 1.54) is 0 Å². The van der Waals surface area contributed by atoms with Crippen LogP contribution in [-0.2, 0) is 14.3 Å². The van der Waals surface area contributed by atoms with Gasteiger partial charge in [-0.3, -0.25) is 4.79 Å². The van der Waals surface area contributed by atoms with Gasteiger partial charge < -0.3 is 35.1 Å². The molecule has 0 aliphatic carbocycles. The fraction of sp³-hybridized carbons (Fsp3) is 0.500. The third kappa shape index (κ3) is 6.48. The van der Waals surface area contributed by atoms with Crippen molar-refractivity contribution < 1.29 is 38.8 Å². The molecule has 0 bridgehead atoms. The molecule has 0 aromatic heterocycles. The lowest BCUT2D eigenvalue weighted by Crippen LogP contribution is -2.46. The van der Waals surface area contributed by atoms with E-state index in [4.69, 9.17) is 45.6 Å². The third-order valence-corrected chi connectivity index (χ3v) is 4.64. The zero-order chi connectivity index (χ0) is 21.4. The van der Waals surface area contributed by atoms with Gasteiger partial charge in [0.05, 0.1) is 11.7 Å². The van der Waals surface area contributed by atoms with E-state index in [0.29, 0.717) is 41.8 Å². The van der Waals surface area contributed by atoms with Crippen molar-refractivity contribution >= 4 is 29.4 Å². The third-order valence-electron chi connectivity index (χ3n) is 4.43. The molecule has 1 amide bonds. The summed E-state index contributed by atoms with van der Waals surface area (Å²) in [4.78, 5) is 30.7. The first-order valence-electron chi connectivity index (χ1n) is 8.90. The number of amides is 1. The van der Waals surface area contributed by atoms with Crippen LogP contribution < -0.4 is 20.1 Å². The molecule has 1 saturated heterocycles. The number of ether oxygens (including phenoxy) is 3. The van der Waals surface area contributed by atoms with E-state index in [-0.39, 0.29) is 17.9 Å². The monoisotopic (exact) mass is 430 g/mol. The van der Waals surface area contributed by atoms with E-state index < -0.39 is 11.9 Å². The van der Waals surface area contributed by atoms with Gasteiger partial charge in [-0.1, -0.05) is 11.6 Å². The van der Waals surface area contributed by atoms with E-state index in [0.717, 1.165) is 19.5 Å². The van der Waals surface area contributed by atoms with Crippen molar-refractivity contribution in [1.82, 2.24) is 10.6 Å². The zero-order valence-electron chi connectivity index (χ0n) is 15.8. The van der Waals surface area contributed by atoms with Gasteiger partial charge in [-0.2, -0.15) is 0 Å². The molecule has 1 aromatic carbocycles. The summed E-state index contributed by atoms with van der Waals surface area (Å²) in [7, 11) is 1.70. The Morgan fingerprint density at radius 3 is 2.59 bits per heavy atom. The van der Waals surface area contributed by atoms with Crippen molar-refractivity contribution in [1.29, 1.82) is 0 Å². The lowest BCUT2D eigenvalue weighted by atomic mass is 9.95. The number of fused-ring (bicyclic) bond motifs is 1. The van der Waals surface area contributed by atoms with Crippen LogP contribution in [0.3, 0.4) is 0 Å². The number of piperidine rings is 1. The smallest absolute Gasteiger partial charge is 0.414 e. The van der Waals surface area contributed by atoms with Gasteiger partial charge in [0.2, 0.25) is 0 Å². The van der Waals surface area contributed by atoms with Gasteiger partial charge in [0.1, 0.15) is 13.2 Å². The Bertz CT molecular complexity index is 746.